The molecule has 3 rings (SSSR count). The Labute approximate surface area is 171 Å². The maximum atomic E-state index is 12.4. The Morgan fingerprint density at radius 1 is 1.14 bits per heavy atom. The zero-order chi connectivity index (χ0) is 21.0. The average molecular weight is 392 g/mol. The standard InChI is InChI=1S/C24H28N2O3/c1-5-15(2)24(28)26-20-8-6-7-18(11-20)13-25-22(27)12-19-14-29-23-17(4)16(3)9-10-21(19)23/h6-11,14-15H,5,12-13H2,1-4H3,(H,25,27)(H,26,28). The second kappa shape index (κ2) is 8.95. The average Bonchev–Trinajstić information content (AvgIpc) is 3.12. The number of hydrogen-bond donors (Lipinski definition) is 2. The molecule has 1 aromatic heterocycles. The van der Waals surface area contributed by atoms with Crippen LogP contribution in [0.25, 0.3) is 11.0 Å². The number of anilines is 1. The second-order valence-corrected chi connectivity index (χ2v) is 7.60. The van der Waals surface area contributed by atoms with Crippen molar-refractivity contribution in [3.8, 4) is 0 Å². The van der Waals surface area contributed by atoms with Crippen molar-refractivity contribution < 1.29 is 14.0 Å². The van der Waals surface area contributed by atoms with Gasteiger partial charge in [-0.25, -0.2) is 0 Å². The van der Waals surface area contributed by atoms with E-state index in [1.807, 2.05) is 64.1 Å². The van der Waals surface area contributed by atoms with Crippen molar-refractivity contribution >= 4 is 28.5 Å². The molecular weight excluding hydrogens is 364 g/mol. The van der Waals surface area contributed by atoms with E-state index in [1.165, 1.54) is 5.56 Å². The zero-order valence-electron chi connectivity index (χ0n) is 17.5. The number of aryl methyl sites for hydroxylation is 2. The number of fused-ring (bicyclic) bond motifs is 1. The number of nitrogens with one attached hydrogen (secondary N) is 2. The summed E-state index contributed by atoms with van der Waals surface area (Å²) >= 11 is 0. The SMILES string of the molecule is CCC(C)C(=O)Nc1cccc(CNC(=O)Cc2coc3c(C)c(C)ccc23)c1. The van der Waals surface area contributed by atoms with E-state index in [1.54, 1.807) is 6.26 Å². The molecule has 29 heavy (non-hydrogen) atoms. The molecule has 0 aliphatic heterocycles. The first kappa shape index (κ1) is 20.6. The number of benzene rings is 2. The maximum Gasteiger partial charge on any atom is 0.227 e. The minimum Gasteiger partial charge on any atom is -0.464 e. The van der Waals surface area contributed by atoms with Crippen molar-refractivity contribution in [2.24, 2.45) is 5.92 Å². The number of rotatable bonds is 7. The molecule has 5 heteroatoms. The van der Waals surface area contributed by atoms with Gasteiger partial charge in [0.2, 0.25) is 11.8 Å². The molecule has 0 bridgehead atoms. The fourth-order valence-corrected chi connectivity index (χ4v) is 3.17. The van der Waals surface area contributed by atoms with E-state index >= 15 is 0 Å². The van der Waals surface area contributed by atoms with Crippen molar-refractivity contribution in [3.63, 3.8) is 0 Å². The first-order chi connectivity index (χ1) is 13.9. The molecular formula is C24H28N2O3. The molecule has 0 radical (unpaired) electrons. The molecule has 1 heterocycles. The lowest BCUT2D eigenvalue weighted by Crippen LogP contribution is -2.24. The minimum absolute atomic E-state index is 0.00560. The fraction of sp³-hybridized carbons (Fsp3) is 0.333. The Bertz CT molecular complexity index is 1040. The van der Waals surface area contributed by atoms with Gasteiger partial charge in [-0.05, 0) is 49.1 Å². The summed E-state index contributed by atoms with van der Waals surface area (Å²) in [5.74, 6) is -0.0958. The van der Waals surface area contributed by atoms with Gasteiger partial charge in [0.05, 0.1) is 12.7 Å². The van der Waals surface area contributed by atoms with Crippen LogP contribution in [0.2, 0.25) is 0 Å². The molecule has 2 aromatic carbocycles. The van der Waals surface area contributed by atoms with Crippen molar-refractivity contribution in [2.45, 2.75) is 47.1 Å². The molecule has 0 saturated carbocycles. The van der Waals surface area contributed by atoms with E-state index in [4.69, 9.17) is 4.42 Å². The summed E-state index contributed by atoms with van der Waals surface area (Å²) in [4.78, 5) is 24.5. The normalized spacial score (nSPS) is 12.0. The highest BCUT2D eigenvalue weighted by Crippen LogP contribution is 2.26. The maximum absolute atomic E-state index is 12.4. The summed E-state index contributed by atoms with van der Waals surface area (Å²) in [5.41, 5.74) is 5.68. The quantitative estimate of drug-likeness (QED) is 0.601. The Hall–Kier alpha value is -3.08. The number of carbonyl (C=O) groups is 2. The predicted molar refractivity (Wildman–Crippen MR) is 116 cm³/mol. The summed E-state index contributed by atoms with van der Waals surface area (Å²) in [6, 6.07) is 11.6. The monoisotopic (exact) mass is 392 g/mol. The smallest absolute Gasteiger partial charge is 0.227 e. The number of amides is 2. The highest BCUT2D eigenvalue weighted by atomic mass is 16.3. The van der Waals surface area contributed by atoms with Crippen LogP contribution in [0.3, 0.4) is 0 Å². The topological polar surface area (TPSA) is 71.3 Å². The molecule has 5 nitrogen and oxygen atoms in total. The van der Waals surface area contributed by atoms with Crippen LogP contribution in [0.4, 0.5) is 5.69 Å². The second-order valence-electron chi connectivity index (χ2n) is 7.60. The Balaban J connectivity index is 1.61. The van der Waals surface area contributed by atoms with Gasteiger partial charge in [0.1, 0.15) is 5.58 Å². The molecule has 0 aliphatic rings. The molecule has 1 atom stereocenters. The third kappa shape index (κ3) is 4.86. The number of carbonyl (C=O) groups excluding carboxylic acids is 2. The van der Waals surface area contributed by atoms with Gasteiger partial charge in [-0.1, -0.05) is 38.1 Å². The van der Waals surface area contributed by atoms with E-state index in [0.29, 0.717) is 6.54 Å². The molecule has 2 N–H and O–H groups in total. The van der Waals surface area contributed by atoms with E-state index in [9.17, 15) is 9.59 Å². The van der Waals surface area contributed by atoms with Crippen molar-refractivity contribution in [1.29, 1.82) is 0 Å². The van der Waals surface area contributed by atoms with Crippen molar-refractivity contribution in [3.05, 3.63) is 64.9 Å². The highest BCUT2D eigenvalue weighted by Gasteiger charge is 2.13. The third-order valence-electron chi connectivity index (χ3n) is 5.44. The lowest BCUT2D eigenvalue weighted by molar-refractivity contribution is -0.121. The van der Waals surface area contributed by atoms with Crippen LogP contribution in [0.1, 0.15) is 42.5 Å². The van der Waals surface area contributed by atoms with E-state index in [0.717, 1.165) is 39.8 Å². The van der Waals surface area contributed by atoms with Crippen molar-refractivity contribution in [2.75, 3.05) is 5.32 Å². The van der Waals surface area contributed by atoms with E-state index in [-0.39, 0.29) is 24.2 Å². The summed E-state index contributed by atoms with van der Waals surface area (Å²) in [6.45, 7) is 8.37. The molecule has 1 unspecified atom stereocenters. The van der Waals surface area contributed by atoms with Crippen LogP contribution in [-0.4, -0.2) is 11.8 Å². The van der Waals surface area contributed by atoms with Crippen LogP contribution in [0.15, 0.2) is 47.1 Å². The van der Waals surface area contributed by atoms with Gasteiger partial charge in [-0.2, -0.15) is 0 Å². The molecule has 3 aromatic rings. The molecule has 0 saturated heterocycles. The molecule has 152 valence electrons. The van der Waals surface area contributed by atoms with Gasteiger partial charge < -0.3 is 15.1 Å². The lowest BCUT2D eigenvalue weighted by atomic mass is 10.0. The van der Waals surface area contributed by atoms with Crippen LogP contribution < -0.4 is 10.6 Å². The Kier molecular flexibility index (Phi) is 6.37. The largest absolute Gasteiger partial charge is 0.464 e. The van der Waals surface area contributed by atoms with Crippen LogP contribution in [-0.2, 0) is 22.6 Å². The number of hydrogen-bond acceptors (Lipinski definition) is 3. The fourth-order valence-electron chi connectivity index (χ4n) is 3.17. The summed E-state index contributed by atoms with van der Waals surface area (Å²) in [5, 5.41) is 6.86. The third-order valence-corrected chi connectivity index (χ3v) is 5.44. The van der Waals surface area contributed by atoms with E-state index < -0.39 is 0 Å². The van der Waals surface area contributed by atoms with Gasteiger partial charge in [0.25, 0.3) is 0 Å². The Morgan fingerprint density at radius 2 is 1.93 bits per heavy atom. The predicted octanol–water partition coefficient (Wildman–Crippen LogP) is 4.89. The van der Waals surface area contributed by atoms with Gasteiger partial charge in [-0.3, -0.25) is 9.59 Å². The van der Waals surface area contributed by atoms with Gasteiger partial charge in [0.15, 0.2) is 0 Å². The molecule has 2 amide bonds. The molecule has 0 spiro atoms. The number of furan rings is 1. The van der Waals surface area contributed by atoms with Gasteiger partial charge in [-0.15, -0.1) is 0 Å². The summed E-state index contributed by atoms with van der Waals surface area (Å²) in [7, 11) is 0. The Morgan fingerprint density at radius 3 is 2.69 bits per heavy atom. The summed E-state index contributed by atoms with van der Waals surface area (Å²) < 4.78 is 5.69. The van der Waals surface area contributed by atoms with Gasteiger partial charge in [0, 0.05) is 29.1 Å². The molecule has 0 aliphatic carbocycles. The first-order valence-electron chi connectivity index (χ1n) is 10.0. The van der Waals surface area contributed by atoms with Crippen LogP contribution in [0.5, 0.6) is 0 Å². The summed E-state index contributed by atoms with van der Waals surface area (Å²) in [6.07, 6.45) is 2.73. The minimum atomic E-state index is -0.0695. The molecule has 0 fully saturated rings. The van der Waals surface area contributed by atoms with Crippen LogP contribution in [0, 0.1) is 19.8 Å². The lowest BCUT2D eigenvalue weighted by Gasteiger charge is -2.11. The van der Waals surface area contributed by atoms with E-state index in [2.05, 4.69) is 10.6 Å². The highest BCUT2D eigenvalue weighted by molar-refractivity contribution is 5.92. The van der Waals surface area contributed by atoms with Gasteiger partial charge >= 0.3 is 0 Å². The van der Waals surface area contributed by atoms with Crippen molar-refractivity contribution in [1.82, 2.24) is 5.32 Å². The first-order valence-corrected chi connectivity index (χ1v) is 10.0. The zero-order valence-corrected chi connectivity index (χ0v) is 17.5. The van der Waals surface area contributed by atoms with Crippen LogP contribution >= 0.6 is 0 Å².